The number of nitrogens with two attached hydrogens (primary N) is 1. The van der Waals surface area contributed by atoms with Gasteiger partial charge in [-0.05, 0) is 19.3 Å². The molecule has 1 saturated carbocycles. The molecule has 1 heterocycles. The summed E-state index contributed by atoms with van der Waals surface area (Å²) in [5, 5.41) is 0. The number of hydrogen-bond acceptors (Lipinski definition) is 2. The summed E-state index contributed by atoms with van der Waals surface area (Å²) in [5.74, 6) is 0. The first-order chi connectivity index (χ1) is 4.33. The van der Waals surface area contributed by atoms with Crippen molar-refractivity contribution in [2.45, 2.75) is 25.3 Å². The van der Waals surface area contributed by atoms with Gasteiger partial charge in [0.1, 0.15) is 0 Å². The summed E-state index contributed by atoms with van der Waals surface area (Å²) < 4.78 is 5.34. The lowest BCUT2D eigenvalue weighted by Gasteiger charge is -2.21. The van der Waals surface area contributed by atoms with E-state index >= 15 is 0 Å². The Morgan fingerprint density at radius 1 is 1.50 bits per heavy atom. The van der Waals surface area contributed by atoms with Crippen molar-refractivity contribution in [2.24, 2.45) is 11.1 Å². The number of rotatable bonds is 0. The van der Waals surface area contributed by atoms with E-state index in [0.717, 1.165) is 13.2 Å². The Labute approximate surface area is 67.5 Å². The van der Waals surface area contributed by atoms with Crippen LogP contribution in [0.25, 0.3) is 0 Å². The zero-order chi connectivity index (χ0) is 6.32. The number of ether oxygens (including phenoxy) is 1. The third kappa shape index (κ3) is 1.16. The molecule has 0 aromatic heterocycles. The lowest BCUT2D eigenvalue weighted by atomic mass is 9.99. The van der Waals surface area contributed by atoms with Crippen LogP contribution >= 0.6 is 12.4 Å². The normalized spacial score (nSPS) is 44.7. The third-order valence-electron chi connectivity index (χ3n) is 2.61. The van der Waals surface area contributed by atoms with Crippen LogP contribution in [0.4, 0.5) is 0 Å². The lowest BCUT2D eigenvalue weighted by Crippen LogP contribution is -2.24. The Balaban J connectivity index is 0.000000500. The van der Waals surface area contributed by atoms with E-state index in [-0.39, 0.29) is 12.4 Å². The van der Waals surface area contributed by atoms with E-state index in [4.69, 9.17) is 10.5 Å². The van der Waals surface area contributed by atoms with Crippen LogP contribution in [0.15, 0.2) is 0 Å². The molecule has 0 radical (unpaired) electrons. The van der Waals surface area contributed by atoms with E-state index in [2.05, 4.69) is 0 Å². The number of halogens is 1. The molecule has 2 fully saturated rings. The van der Waals surface area contributed by atoms with Crippen molar-refractivity contribution in [1.82, 2.24) is 0 Å². The molecular weight excluding hydrogens is 150 g/mol. The summed E-state index contributed by atoms with van der Waals surface area (Å²) in [4.78, 5) is 0. The van der Waals surface area contributed by atoms with E-state index in [9.17, 15) is 0 Å². The zero-order valence-corrected chi connectivity index (χ0v) is 6.82. The van der Waals surface area contributed by atoms with Gasteiger partial charge in [-0.3, -0.25) is 0 Å². The van der Waals surface area contributed by atoms with Crippen LogP contribution < -0.4 is 5.73 Å². The minimum atomic E-state index is 0. The first kappa shape index (κ1) is 8.31. The smallest absolute Gasteiger partial charge is 0.0537 e. The molecule has 2 unspecified atom stereocenters. The summed E-state index contributed by atoms with van der Waals surface area (Å²) in [5.41, 5.74) is 6.19. The summed E-state index contributed by atoms with van der Waals surface area (Å²) >= 11 is 0. The maximum atomic E-state index is 5.75. The highest BCUT2D eigenvalue weighted by atomic mass is 35.5. The quantitative estimate of drug-likeness (QED) is 0.577. The van der Waals surface area contributed by atoms with Gasteiger partial charge in [0.05, 0.1) is 6.61 Å². The van der Waals surface area contributed by atoms with Gasteiger partial charge in [-0.25, -0.2) is 0 Å². The average Bonchev–Trinajstić information content (AvgIpc) is 2.44. The van der Waals surface area contributed by atoms with Crippen LogP contribution in [0, 0.1) is 5.41 Å². The average molecular weight is 164 g/mol. The molecule has 2 N–H and O–H groups in total. The van der Waals surface area contributed by atoms with E-state index in [0.29, 0.717) is 11.5 Å². The highest BCUT2D eigenvalue weighted by Gasteiger charge is 2.52. The van der Waals surface area contributed by atoms with Gasteiger partial charge in [0.25, 0.3) is 0 Å². The van der Waals surface area contributed by atoms with Crippen LogP contribution in [-0.4, -0.2) is 19.3 Å². The Bertz CT molecular complexity index is 123. The van der Waals surface area contributed by atoms with E-state index in [1.807, 2.05) is 0 Å². The molecule has 0 amide bonds. The van der Waals surface area contributed by atoms with Crippen molar-refractivity contribution in [1.29, 1.82) is 0 Å². The first-order valence-corrected chi connectivity index (χ1v) is 3.67. The molecule has 1 saturated heterocycles. The topological polar surface area (TPSA) is 35.2 Å². The molecule has 2 aliphatic rings. The number of hydrogen-bond donors (Lipinski definition) is 1. The Morgan fingerprint density at radius 2 is 2.20 bits per heavy atom. The molecule has 0 aromatic rings. The van der Waals surface area contributed by atoms with Gasteiger partial charge >= 0.3 is 0 Å². The van der Waals surface area contributed by atoms with Crippen molar-refractivity contribution in [3.8, 4) is 0 Å². The molecule has 2 rings (SSSR count). The third-order valence-corrected chi connectivity index (χ3v) is 2.61. The highest BCUT2D eigenvalue weighted by Crippen LogP contribution is 2.50. The van der Waals surface area contributed by atoms with Crippen LogP contribution in [-0.2, 0) is 4.74 Å². The predicted octanol–water partition coefficient (Wildman–Crippen LogP) is 0.936. The van der Waals surface area contributed by atoms with Gasteiger partial charge in [0.15, 0.2) is 0 Å². The second-order valence-corrected chi connectivity index (χ2v) is 3.33. The molecule has 2 nitrogen and oxygen atoms in total. The van der Waals surface area contributed by atoms with Gasteiger partial charge in [-0.15, -0.1) is 12.4 Å². The summed E-state index contributed by atoms with van der Waals surface area (Å²) in [6, 6.07) is 0.456. The van der Waals surface area contributed by atoms with Crippen molar-refractivity contribution in [2.75, 3.05) is 13.2 Å². The van der Waals surface area contributed by atoms with Crippen molar-refractivity contribution >= 4 is 12.4 Å². The fourth-order valence-electron chi connectivity index (χ4n) is 1.71. The molecule has 60 valence electrons. The van der Waals surface area contributed by atoms with E-state index in [1.54, 1.807) is 0 Å². The van der Waals surface area contributed by atoms with Crippen LogP contribution in [0.2, 0.25) is 0 Å². The fourth-order valence-corrected chi connectivity index (χ4v) is 1.71. The van der Waals surface area contributed by atoms with Gasteiger partial charge in [0, 0.05) is 18.1 Å². The summed E-state index contributed by atoms with van der Waals surface area (Å²) in [7, 11) is 0. The molecule has 3 heteroatoms. The first-order valence-electron chi connectivity index (χ1n) is 3.67. The van der Waals surface area contributed by atoms with Gasteiger partial charge < -0.3 is 10.5 Å². The molecule has 2 atom stereocenters. The maximum absolute atomic E-state index is 5.75. The second-order valence-electron chi connectivity index (χ2n) is 3.33. The Hall–Kier alpha value is 0.210. The molecular formula is C7H14ClNO. The largest absolute Gasteiger partial charge is 0.381 e. The molecule has 0 aromatic carbocycles. The van der Waals surface area contributed by atoms with Gasteiger partial charge in [-0.2, -0.15) is 0 Å². The Morgan fingerprint density at radius 3 is 2.50 bits per heavy atom. The minimum Gasteiger partial charge on any atom is -0.381 e. The summed E-state index contributed by atoms with van der Waals surface area (Å²) in [6.45, 7) is 1.88. The monoisotopic (exact) mass is 163 g/mol. The van der Waals surface area contributed by atoms with Crippen molar-refractivity contribution in [3.63, 3.8) is 0 Å². The minimum absolute atomic E-state index is 0. The van der Waals surface area contributed by atoms with E-state index in [1.165, 1.54) is 19.3 Å². The van der Waals surface area contributed by atoms with Crippen molar-refractivity contribution in [3.05, 3.63) is 0 Å². The maximum Gasteiger partial charge on any atom is 0.0537 e. The predicted molar refractivity (Wildman–Crippen MR) is 42.3 cm³/mol. The standard InChI is InChI=1S/C7H13NO.ClH/c8-6-4-7(6)2-1-3-9-5-7;/h6H,1-5,8H2;1H. The van der Waals surface area contributed by atoms with Crippen LogP contribution in [0.3, 0.4) is 0 Å². The highest BCUT2D eigenvalue weighted by molar-refractivity contribution is 5.85. The van der Waals surface area contributed by atoms with Crippen LogP contribution in [0.5, 0.6) is 0 Å². The van der Waals surface area contributed by atoms with Gasteiger partial charge in [0.2, 0.25) is 0 Å². The molecule has 10 heavy (non-hydrogen) atoms. The fraction of sp³-hybridized carbons (Fsp3) is 1.00. The SMILES string of the molecule is Cl.NC1CC12CCCOC2. The molecule has 0 bridgehead atoms. The zero-order valence-electron chi connectivity index (χ0n) is 6.01. The van der Waals surface area contributed by atoms with E-state index < -0.39 is 0 Å². The Kier molecular flexibility index (Phi) is 2.23. The molecule has 1 aliphatic heterocycles. The second kappa shape index (κ2) is 2.68. The van der Waals surface area contributed by atoms with Crippen molar-refractivity contribution < 1.29 is 4.74 Å². The molecule has 1 spiro atoms. The molecule has 1 aliphatic carbocycles. The summed E-state index contributed by atoms with van der Waals surface area (Å²) in [6.07, 6.45) is 3.72. The van der Waals surface area contributed by atoms with Gasteiger partial charge in [-0.1, -0.05) is 0 Å². The lowest BCUT2D eigenvalue weighted by molar-refractivity contribution is 0.0412. The van der Waals surface area contributed by atoms with Crippen LogP contribution in [0.1, 0.15) is 19.3 Å².